The molecule has 0 aromatic carbocycles. The zero-order valence-electron chi connectivity index (χ0n) is 11.8. The average Bonchev–Trinajstić information content (AvgIpc) is 2.47. The number of carboxylic acids is 1. The average molecular weight is 310 g/mol. The third kappa shape index (κ3) is 8.27. The lowest BCUT2D eigenvalue weighted by Gasteiger charge is -2.25. The van der Waals surface area contributed by atoms with Crippen molar-refractivity contribution >= 4 is 5.97 Å². The number of aliphatic hydroxyl groups is 5. The van der Waals surface area contributed by atoms with Crippen LogP contribution in [-0.2, 0) is 4.79 Å². The molecule has 0 bridgehead atoms. The summed E-state index contributed by atoms with van der Waals surface area (Å²) in [5.41, 5.74) is 5.33. The second-order valence-electron chi connectivity index (χ2n) is 4.94. The number of unbranched alkanes of at least 4 members (excludes halogenated alkanes) is 1. The summed E-state index contributed by atoms with van der Waals surface area (Å²) in [4.78, 5) is 10.5. The maximum atomic E-state index is 10.5. The minimum absolute atomic E-state index is 0.0125. The van der Waals surface area contributed by atoms with Crippen LogP contribution in [0.3, 0.4) is 0 Å². The van der Waals surface area contributed by atoms with Gasteiger partial charge in [-0.05, 0) is 19.4 Å². The van der Waals surface area contributed by atoms with Crippen LogP contribution in [0.15, 0.2) is 0 Å². The summed E-state index contributed by atoms with van der Waals surface area (Å²) in [5.74, 6) is -1.04. The molecule has 0 aliphatic heterocycles. The molecule has 0 aliphatic rings. The number of nitrogens with two attached hydrogens (primary N) is 1. The highest BCUT2D eigenvalue weighted by atomic mass is 16.4. The van der Waals surface area contributed by atoms with Gasteiger partial charge in [0.1, 0.15) is 24.4 Å². The highest BCUT2D eigenvalue weighted by Crippen LogP contribution is 2.04. The lowest BCUT2D eigenvalue weighted by Crippen LogP contribution is -2.49. The van der Waals surface area contributed by atoms with Gasteiger partial charge in [-0.3, -0.25) is 4.79 Å². The fourth-order valence-electron chi connectivity index (χ4n) is 1.67. The summed E-state index contributed by atoms with van der Waals surface area (Å²) in [7, 11) is 0. The second-order valence-corrected chi connectivity index (χ2v) is 4.94. The van der Waals surface area contributed by atoms with Gasteiger partial charge in [-0.1, -0.05) is 6.42 Å². The Morgan fingerprint density at radius 1 is 1.05 bits per heavy atom. The van der Waals surface area contributed by atoms with Gasteiger partial charge in [0.2, 0.25) is 0 Å². The summed E-state index contributed by atoms with van der Waals surface area (Å²) >= 11 is 0. The third-order valence-electron chi connectivity index (χ3n) is 3.11. The van der Waals surface area contributed by atoms with Crippen LogP contribution >= 0.6 is 0 Å². The molecule has 9 N–H and O–H groups in total. The van der Waals surface area contributed by atoms with Crippen molar-refractivity contribution in [3.8, 4) is 0 Å². The first-order valence-electron chi connectivity index (χ1n) is 6.83. The Bertz CT molecular complexity index is 293. The van der Waals surface area contributed by atoms with Crippen LogP contribution in [0, 0.1) is 0 Å². The van der Waals surface area contributed by atoms with Crippen LogP contribution in [-0.4, -0.2) is 86.8 Å². The molecule has 9 nitrogen and oxygen atoms in total. The number of nitrogens with one attached hydrogen (secondary N) is 1. The predicted molar refractivity (Wildman–Crippen MR) is 73.4 cm³/mol. The van der Waals surface area contributed by atoms with E-state index in [1.807, 2.05) is 0 Å². The minimum atomic E-state index is -1.64. The molecule has 0 amide bonds. The molecular weight excluding hydrogens is 284 g/mol. The second kappa shape index (κ2) is 10.9. The zero-order chi connectivity index (χ0) is 16.4. The molecule has 0 spiro atoms. The van der Waals surface area contributed by atoms with E-state index in [1.165, 1.54) is 0 Å². The van der Waals surface area contributed by atoms with E-state index in [2.05, 4.69) is 5.32 Å². The van der Waals surface area contributed by atoms with Gasteiger partial charge < -0.3 is 41.7 Å². The van der Waals surface area contributed by atoms with E-state index in [1.54, 1.807) is 0 Å². The molecule has 9 heteroatoms. The zero-order valence-corrected chi connectivity index (χ0v) is 11.8. The quantitative estimate of drug-likeness (QED) is 0.171. The van der Waals surface area contributed by atoms with Crippen LogP contribution in [0.2, 0.25) is 0 Å². The van der Waals surface area contributed by atoms with Crippen molar-refractivity contribution in [2.75, 3.05) is 19.7 Å². The lowest BCUT2D eigenvalue weighted by atomic mass is 10.0. The first-order chi connectivity index (χ1) is 9.81. The normalized spacial score (nSPS) is 18.8. The predicted octanol–water partition coefficient (Wildman–Crippen LogP) is -3.41. The molecular formula is C12H26N2O7. The van der Waals surface area contributed by atoms with Crippen molar-refractivity contribution in [2.45, 2.75) is 49.7 Å². The topological polar surface area (TPSA) is 176 Å². The highest BCUT2D eigenvalue weighted by Gasteiger charge is 2.29. The molecule has 0 saturated heterocycles. The van der Waals surface area contributed by atoms with Crippen LogP contribution in [0.4, 0.5) is 0 Å². The van der Waals surface area contributed by atoms with Crippen LogP contribution in [0.25, 0.3) is 0 Å². The summed E-state index contributed by atoms with van der Waals surface area (Å²) in [6.45, 7) is -0.252. The van der Waals surface area contributed by atoms with Crippen molar-refractivity contribution in [3.05, 3.63) is 0 Å². The van der Waals surface area contributed by atoms with Gasteiger partial charge in [0.25, 0.3) is 0 Å². The molecule has 0 aliphatic carbocycles. The summed E-state index contributed by atoms with van der Waals surface area (Å²) < 4.78 is 0. The van der Waals surface area contributed by atoms with Crippen molar-refractivity contribution in [2.24, 2.45) is 5.73 Å². The molecule has 0 radical (unpaired) electrons. The fraction of sp³-hybridized carbons (Fsp3) is 0.917. The summed E-state index contributed by atoms with van der Waals surface area (Å²) in [6.07, 6.45) is -4.45. The highest BCUT2D eigenvalue weighted by molar-refractivity contribution is 5.72. The minimum Gasteiger partial charge on any atom is -0.480 e. The van der Waals surface area contributed by atoms with E-state index < -0.39 is 43.0 Å². The van der Waals surface area contributed by atoms with Crippen LogP contribution < -0.4 is 11.1 Å². The molecule has 21 heavy (non-hydrogen) atoms. The summed E-state index contributed by atoms with van der Waals surface area (Å²) in [6, 6.07) is -0.882. The summed E-state index contributed by atoms with van der Waals surface area (Å²) in [5, 5.41) is 57.7. The molecule has 0 heterocycles. The molecule has 1 unspecified atom stereocenters. The Morgan fingerprint density at radius 3 is 2.14 bits per heavy atom. The van der Waals surface area contributed by atoms with E-state index in [9.17, 15) is 20.1 Å². The van der Waals surface area contributed by atoms with Crippen LogP contribution in [0.5, 0.6) is 0 Å². The number of aliphatic hydroxyl groups excluding tert-OH is 5. The number of rotatable bonds is 12. The van der Waals surface area contributed by atoms with Gasteiger partial charge in [0.15, 0.2) is 0 Å². The van der Waals surface area contributed by atoms with Gasteiger partial charge in [0.05, 0.1) is 12.7 Å². The molecule has 0 fully saturated rings. The molecule has 126 valence electrons. The SMILES string of the molecule is NC(CCCCNC[C@@H](O)[C@@H](O)[C@H](O)[C@H](O)CO)C(=O)O. The van der Waals surface area contributed by atoms with Crippen molar-refractivity contribution in [1.82, 2.24) is 5.32 Å². The molecule has 0 aromatic rings. The Hall–Kier alpha value is -0.810. The molecule has 5 atom stereocenters. The van der Waals surface area contributed by atoms with Gasteiger partial charge in [-0.2, -0.15) is 0 Å². The van der Waals surface area contributed by atoms with Crippen LogP contribution in [0.1, 0.15) is 19.3 Å². The molecule has 0 rings (SSSR count). The van der Waals surface area contributed by atoms with Gasteiger partial charge in [0, 0.05) is 6.54 Å². The number of carbonyl (C=O) groups is 1. The number of hydrogen-bond donors (Lipinski definition) is 8. The number of hydrogen-bond acceptors (Lipinski definition) is 8. The third-order valence-corrected chi connectivity index (χ3v) is 3.11. The largest absolute Gasteiger partial charge is 0.480 e. The first-order valence-corrected chi connectivity index (χ1v) is 6.83. The standard InChI is InChI=1S/C12H26N2O7/c13-7(12(20)21)3-1-2-4-14-5-8(16)10(18)11(19)9(17)6-15/h7-11,14-19H,1-6,13H2,(H,20,21)/t7?,8-,9-,10-,11-/m1/s1. The first kappa shape index (κ1) is 20.2. The van der Waals surface area contributed by atoms with E-state index in [0.29, 0.717) is 25.8 Å². The Kier molecular flexibility index (Phi) is 10.4. The number of carboxylic acid groups (broad SMARTS) is 1. The maximum Gasteiger partial charge on any atom is 0.320 e. The monoisotopic (exact) mass is 310 g/mol. The Labute approximate surface area is 123 Å². The Balaban J connectivity index is 3.74. The van der Waals surface area contributed by atoms with E-state index in [-0.39, 0.29) is 6.54 Å². The number of aliphatic carboxylic acids is 1. The van der Waals surface area contributed by atoms with E-state index in [0.717, 1.165) is 0 Å². The maximum absolute atomic E-state index is 10.5. The van der Waals surface area contributed by atoms with E-state index >= 15 is 0 Å². The van der Waals surface area contributed by atoms with Crippen molar-refractivity contribution in [3.63, 3.8) is 0 Å². The lowest BCUT2D eigenvalue weighted by molar-refractivity contribution is -0.138. The smallest absolute Gasteiger partial charge is 0.320 e. The molecule has 0 saturated carbocycles. The van der Waals surface area contributed by atoms with Gasteiger partial charge >= 0.3 is 5.97 Å². The van der Waals surface area contributed by atoms with Gasteiger partial charge in [-0.15, -0.1) is 0 Å². The van der Waals surface area contributed by atoms with E-state index in [4.69, 9.17) is 21.1 Å². The Morgan fingerprint density at radius 2 is 1.62 bits per heavy atom. The van der Waals surface area contributed by atoms with Gasteiger partial charge in [-0.25, -0.2) is 0 Å². The van der Waals surface area contributed by atoms with Crippen molar-refractivity contribution < 1.29 is 35.4 Å². The van der Waals surface area contributed by atoms with Crippen molar-refractivity contribution in [1.29, 1.82) is 0 Å². The molecule has 0 aromatic heterocycles. The fourth-order valence-corrected chi connectivity index (χ4v) is 1.67.